The molecule has 0 unspecified atom stereocenters. The summed E-state index contributed by atoms with van der Waals surface area (Å²) in [6.07, 6.45) is 1.63. The number of nitrogens with zero attached hydrogens (tertiary/aromatic N) is 4. The molecule has 0 bridgehead atoms. The predicted octanol–water partition coefficient (Wildman–Crippen LogP) is 0.661. The van der Waals surface area contributed by atoms with Crippen LogP contribution < -0.4 is 11.1 Å². The van der Waals surface area contributed by atoms with E-state index in [4.69, 9.17) is 10.3 Å². The van der Waals surface area contributed by atoms with Crippen molar-refractivity contribution in [2.24, 2.45) is 5.73 Å². The van der Waals surface area contributed by atoms with Gasteiger partial charge >= 0.3 is 0 Å². The van der Waals surface area contributed by atoms with Crippen molar-refractivity contribution in [3.8, 4) is 0 Å². The highest BCUT2D eigenvalue weighted by atomic mass is 16.5. The van der Waals surface area contributed by atoms with Crippen LogP contribution in [0.25, 0.3) is 0 Å². The molecule has 0 atom stereocenters. The molecule has 1 amide bonds. The van der Waals surface area contributed by atoms with Gasteiger partial charge in [-0.05, 0) is 0 Å². The third kappa shape index (κ3) is 3.41. The number of aromatic nitrogens is 4. The Morgan fingerprint density at radius 2 is 2.25 bits per heavy atom. The zero-order valence-corrected chi connectivity index (χ0v) is 11.8. The number of anilines is 1. The lowest BCUT2D eigenvalue weighted by Crippen LogP contribution is -2.19. The van der Waals surface area contributed by atoms with Crippen molar-refractivity contribution in [2.45, 2.75) is 39.3 Å². The molecule has 108 valence electrons. The first-order chi connectivity index (χ1) is 9.38. The van der Waals surface area contributed by atoms with Gasteiger partial charge in [0.1, 0.15) is 6.54 Å². The average molecular weight is 278 g/mol. The molecule has 0 saturated heterocycles. The molecule has 2 aromatic heterocycles. The molecule has 2 heterocycles. The smallest absolute Gasteiger partial charge is 0.248 e. The molecule has 0 aliphatic carbocycles. The van der Waals surface area contributed by atoms with E-state index in [1.54, 1.807) is 12.3 Å². The number of rotatable bonds is 4. The number of hydrogen-bond donors (Lipinski definition) is 2. The van der Waals surface area contributed by atoms with E-state index in [9.17, 15) is 4.79 Å². The number of amides is 1. The topological polar surface area (TPSA) is 112 Å². The van der Waals surface area contributed by atoms with Crippen molar-refractivity contribution < 1.29 is 9.32 Å². The maximum Gasteiger partial charge on any atom is 0.248 e. The van der Waals surface area contributed by atoms with Crippen LogP contribution in [0.1, 0.15) is 32.2 Å². The summed E-state index contributed by atoms with van der Waals surface area (Å²) >= 11 is 0. The Hall–Kier alpha value is -2.22. The molecule has 2 rings (SSSR count). The van der Waals surface area contributed by atoms with Gasteiger partial charge in [-0.3, -0.25) is 10.1 Å². The van der Waals surface area contributed by atoms with Crippen LogP contribution in [-0.4, -0.2) is 26.1 Å². The first-order valence-corrected chi connectivity index (χ1v) is 6.24. The van der Waals surface area contributed by atoms with Crippen LogP contribution in [0.3, 0.4) is 0 Å². The summed E-state index contributed by atoms with van der Waals surface area (Å²) in [5, 5.41) is 14.1. The van der Waals surface area contributed by atoms with Gasteiger partial charge in [0.2, 0.25) is 11.8 Å². The first-order valence-electron chi connectivity index (χ1n) is 6.24. The number of carbonyl (C=O) groups is 1. The standard InChI is InChI=1S/C12H18N6O2/c1-12(2,3)9-4-11(20-16-9)14-10(19)7-18-6-8(5-13)15-17-18/h4,6H,5,7,13H2,1-3H3,(H,14,19). The van der Waals surface area contributed by atoms with Gasteiger partial charge in [-0.2, -0.15) is 0 Å². The van der Waals surface area contributed by atoms with Crippen LogP contribution in [0.2, 0.25) is 0 Å². The van der Waals surface area contributed by atoms with Crippen molar-refractivity contribution in [1.82, 2.24) is 20.2 Å². The van der Waals surface area contributed by atoms with Gasteiger partial charge in [-0.25, -0.2) is 4.68 Å². The van der Waals surface area contributed by atoms with Crippen LogP contribution in [0.15, 0.2) is 16.8 Å². The van der Waals surface area contributed by atoms with Crippen LogP contribution in [-0.2, 0) is 23.3 Å². The zero-order chi connectivity index (χ0) is 14.8. The number of carbonyl (C=O) groups excluding carboxylic acids is 1. The molecule has 2 aromatic rings. The monoisotopic (exact) mass is 278 g/mol. The van der Waals surface area contributed by atoms with E-state index in [-0.39, 0.29) is 17.9 Å². The number of nitrogens with two attached hydrogens (primary N) is 1. The molecule has 8 nitrogen and oxygen atoms in total. The second-order valence-corrected chi connectivity index (χ2v) is 5.49. The zero-order valence-electron chi connectivity index (χ0n) is 11.8. The fraction of sp³-hybridized carbons (Fsp3) is 0.500. The molecular formula is C12H18N6O2. The Bertz CT molecular complexity index is 595. The molecule has 0 aromatic carbocycles. The molecule has 0 spiro atoms. The highest BCUT2D eigenvalue weighted by molar-refractivity contribution is 5.89. The lowest BCUT2D eigenvalue weighted by molar-refractivity contribution is -0.117. The maximum atomic E-state index is 11.8. The summed E-state index contributed by atoms with van der Waals surface area (Å²) in [5.41, 5.74) is 6.70. The van der Waals surface area contributed by atoms with Crippen LogP contribution in [0.4, 0.5) is 5.88 Å². The van der Waals surface area contributed by atoms with E-state index in [0.717, 1.165) is 5.69 Å². The lowest BCUT2D eigenvalue weighted by Gasteiger charge is -2.12. The Labute approximate surface area is 116 Å². The minimum Gasteiger partial charge on any atom is -0.338 e. The molecule has 0 aliphatic rings. The van der Waals surface area contributed by atoms with E-state index < -0.39 is 0 Å². The van der Waals surface area contributed by atoms with Crippen molar-refractivity contribution in [3.63, 3.8) is 0 Å². The summed E-state index contributed by atoms with van der Waals surface area (Å²) in [6, 6.07) is 1.71. The van der Waals surface area contributed by atoms with E-state index in [1.807, 2.05) is 20.8 Å². The summed E-state index contributed by atoms with van der Waals surface area (Å²) in [6.45, 7) is 6.37. The molecule has 0 radical (unpaired) electrons. The fourth-order valence-electron chi connectivity index (χ4n) is 1.52. The van der Waals surface area contributed by atoms with Crippen molar-refractivity contribution in [2.75, 3.05) is 5.32 Å². The van der Waals surface area contributed by atoms with Gasteiger partial charge in [-0.1, -0.05) is 31.1 Å². The van der Waals surface area contributed by atoms with Crippen molar-refractivity contribution in [1.29, 1.82) is 0 Å². The highest BCUT2D eigenvalue weighted by Crippen LogP contribution is 2.23. The van der Waals surface area contributed by atoms with Crippen LogP contribution in [0, 0.1) is 0 Å². The summed E-state index contributed by atoms with van der Waals surface area (Å²) in [4.78, 5) is 11.8. The number of hydrogen-bond acceptors (Lipinski definition) is 6. The first kappa shape index (κ1) is 14.2. The van der Waals surface area contributed by atoms with E-state index >= 15 is 0 Å². The van der Waals surface area contributed by atoms with Gasteiger partial charge in [0.15, 0.2) is 0 Å². The fourth-order valence-corrected chi connectivity index (χ4v) is 1.52. The highest BCUT2D eigenvalue weighted by Gasteiger charge is 2.19. The Kier molecular flexibility index (Phi) is 3.84. The minimum absolute atomic E-state index is 0.0402. The van der Waals surface area contributed by atoms with Crippen LogP contribution >= 0.6 is 0 Å². The molecule has 3 N–H and O–H groups in total. The SMILES string of the molecule is CC(C)(C)c1cc(NC(=O)Cn2cc(CN)nn2)on1. The second-order valence-electron chi connectivity index (χ2n) is 5.49. The summed E-state index contributed by atoms with van der Waals surface area (Å²) in [5.74, 6) is 0.0502. The number of nitrogens with one attached hydrogen (secondary N) is 1. The largest absolute Gasteiger partial charge is 0.338 e. The van der Waals surface area contributed by atoms with Crippen LogP contribution in [0.5, 0.6) is 0 Å². The van der Waals surface area contributed by atoms with Crippen molar-refractivity contribution in [3.05, 3.63) is 23.7 Å². The van der Waals surface area contributed by atoms with Gasteiger partial charge in [0, 0.05) is 18.0 Å². The molecule has 8 heteroatoms. The molecule has 0 fully saturated rings. The molecule has 0 saturated carbocycles. The summed E-state index contributed by atoms with van der Waals surface area (Å²) in [7, 11) is 0. The Morgan fingerprint density at radius 1 is 1.50 bits per heavy atom. The van der Waals surface area contributed by atoms with Gasteiger partial charge < -0.3 is 10.3 Å². The third-order valence-corrected chi connectivity index (χ3v) is 2.64. The summed E-state index contributed by atoms with van der Waals surface area (Å²) < 4.78 is 6.49. The molecule has 20 heavy (non-hydrogen) atoms. The van der Waals surface area contributed by atoms with E-state index in [2.05, 4.69) is 20.8 Å². The van der Waals surface area contributed by atoms with E-state index in [0.29, 0.717) is 18.1 Å². The van der Waals surface area contributed by atoms with Gasteiger partial charge in [-0.15, -0.1) is 5.10 Å². The van der Waals surface area contributed by atoms with Gasteiger partial charge in [0.05, 0.1) is 17.6 Å². The lowest BCUT2D eigenvalue weighted by atomic mass is 9.92. The second kappa shape index (κ2) is 5.41. The average Bonchev–Trinajstić information content (AvgIpc) is 2.97. The van der Waals surface area contributed by atoms with Crippen molar-refractivity contribution >= 4 is 11.8 Å². The predicted molar refractivity (Wildman–Crippen MR) is 71.7 cm³/mol. The molecular weight excluding hydrogens is 260 g/mol. The van der Waals surface area contributed by atoms with Gasteiger partial charge in [0.25, 0.3) is 0 Å². The Balaban J connectivity index is 1.96. The third-order valence-electron chi connectivity index (χ3n) is 2.64. The minimum atomic E-state index is -0.268. The normalized spacial score (nSPS) is 11.6. The maximum absolute atomic E-state index is 11.8. The van der Waals surface area contributed by atoms with E-state index in [1.165, 1.54) is 4.68 Å². The molecule has 0 aliphatic heterocycles. The Morgan fingerprint density at radius 3 is 2.80 bits per heavy atom. The quantitative estimate of drug-likeness (QED) is 0.849.